The molecule has 4 saturated carbocycles. The van der Waals surface area contributed by atoms with Crippen molar-refractivity contribution in [1.82, 2.24) is 0 Å². The van der Waals surface area contributed by atoms with Crippen molar-refractivity contribution in [2.45, 2.75) is 35.5 Å². The van der Waals surface area contributed by atoms with Gasteiger partial charge in [0.1, 0.15) is 7.85 Å². The van der Waals surface area contributed by atoms with Gasteiger partial charge in [0.25, 0.3) is 0 Å². The molecule has 4 aliphatic carbocycles. The number of carbonyl (C=O) groups excluding carboxylic acids is 1. The Bertz CT molecular complexity index is 401. The van der Waals surface area contributed by atoms with Crippen molar-refractivity contribution in [3.05, 3.63) is 0 Å². The molecule has 4 fully saturated rings. The van der Waals surface area contributed by atoms with E-state index >= 15 is 0 Å². The minimum Gasteiger partial charge on any atom is -0.469 e. The van der Waals surface area contributed by atoms with E-state index in [0.29, 0.717) is 19.3 Å². The zero-order chi connectivity index (χ0) is 12.9. The summed E-state index contributed by atoms with van der Waals surface area (Å²) >= 11 is 0. The Kier molecular flexibility index (Phi) is 1.70. The van der Waals surface area contributed by atoms with Gasteiger partial charge in [-0.15, -0.1) is 0 Å². The lowest BCUT2D eigenvalue weighted by Crippen LogP contribution is -2.75. The summed E-state index contributed by atoms with van der Waals surface area (Å²) in [5.74, 6) is -0.233. The lowest BCUT2D eigenvalue weighted by atomic mass is 9.30. The number of hydrogen-bond donors (Lipinski definition) is 2. The van der Waals surface area contributed by atoms with Crippen LogP contribution in [0.3, 0.4) is 0 Å². The molecule has 0 saturated heterocycles. The third-order valence-electron chi connectivity index (χ3n) is 5.31. The zero-order valence-corrected chi connectivity index (χ0v) is 9.69. The first-order valence-electron chi connectivity index (χ1n) is 5.57. The van der Waals surface area contributed by atoms with E-state index < -0.39 is 27.1 Å². The Labute approximate surface area is 104 Å². The van der Waals surface area contributed by atoms with Crippen molar-refractivity contribution >= 4 is 29.5 Å². The quantitative estimate of drug-likeness (QED) is 0.437. The summed E-state index contributed by atoms with van der Waals surface area (Å²) in [6.45, 7) is 0. The van der Waals surface area contributed by atoms with Crippen molar-refractivity contribution in [2.24, 2.45) is 16.6 Å². The SMILES string of the molecule is [B]C1([B])C([B])(O)C1(N)C12CC(C(=O)OC)(C1)C2. The Hall–Kier alpha value is -0.415. The number of esters is 1. The highest BCUT2D eigenvalue weighted by Crippen LogP contribution is 2.87. The largest absolute Gasteiger partial charge is 0.469 e. The Morgan fingerprint density at radius 2 is 1.71 bits per heavy atom. The molecule has 84 valence electrons. The molecule has 0 aliphatic heterocycles. The van der Waals surface area contributed by atoms with E-state index in [1.165, 1.54) is 7.11 Å². The highest BCUT2D eigenvalue weighted by atomic mass is 16.5. The second-order valence-electron chi connectivity index (χ2n) is 6.03. The standard InChI is InChI=1S/C10H12B3NO3/c1-17-5(15)6-2-7(3-6,4-6)8(14)9(11,12)10(8,13)16/h16H,2-4,14H2,1H3. The van der Waals surface area contributed by atoms with Gasteiger partial charge in [-0.25, -0.2) is 0 Å². The smallest absolute Gasteiger partial charge is 0.311 e. The van der Waals surface area contributed by atoms with Gasteiger partial charge < -0.3 is 15.6 Å². The second-order valence-corrected chi connectivity index (χ2v) is 6.03. The number of carbonyl (C=O) groups is 1. The summed E-state index contributed by atoms with van der Waals surface area (Å²) < 4.78 is 4.74. The first kappa shape index (κ1) is 11.7. The maximum absolute atomic E-state index is 11.5. The van der Waals surface area contributed by atoms with Crippen molar-refractivity contribution in [1.29, 1.82) is 0 Å². The first-order valence-corrected chi connectivity index (χ1v) is 5.57. The molecule has 6 radical (unpaired) electrons. The number of hydrogen-bond acceptors (Lipinski definition) is 4. The fourth-order valence-corrected chi connectivity index (χ4v) is 4.13. The fourth-order valence-electron chi connectivity index (χ4n) is 4.13. The summed E-state index contributed by atoms with van der Waals surface area (Å²) in [5, 5.41) is 8.47. The van der Waals surface area contributed by atoms with Gasteiger partial charge in [-0.1, -0.05) is 5.21 Å². The molecule has 4 rings (SSSR count). The molecule has 0 aromatic rings. The average molecular weight is 227 g/mol. The van der Waals surface area contributed by atoms with E-state index in [0.717, 1.165) is 0 Å². The molecule has 0 aromatic carbocycles. The van der Waals surface area contributed by atoms with Crippen LogP contribution in [0.4, 0.5) is 0 Å². The number of rotatable bonds is 2. The summed E-state index contributed by atoms with van der Waals surface area (Å²) in [6.07, 6.45) is 1.62. The zero-order valence-electron chi connectivity index (χ0n) is 9.69. The van der Waals surface area contributed by atoms with E-state index in [1.807, 2.05) is 0 Å². The molecule has 7 heteroatoms. The molecule has 0 spiro atoms. The molecule has 2 atom stereocenters. The fraction of sp³-hybridized carbons (Fsp3) is 0.900. The van der Waals surface area contributed by atoms with Crippen LogP contribution >= 0.6 is 0 Å². The van der Waals surface area contributed by atoms with Crippen LogP contribution in [-0.2, 0) is 9.53 Å². The van der Waals surface area contributed by atoms with Gasteiger partial charge in [0.05, 0.1) is 28.2 Å². The molecular formula is C10H12B3NO3. The molecule has 2 unspecified atom stereocenters. The summed E-state index contributed by atoms with van der Waals surface area (Å²) in [7, 11) is 18.5. The molecule has 0 amide bonds. The lowest BCUT2D eigenvalue weighted by molar-refractivity contribution is -0.241. The van der Waals surface area contributed by atoms with Crippen LogP contribution in [-0.4, -0.2) is 52.8 Å². The lowest BCUT2D eigenvalue weighted by Gasteiger charge is -2.72. The van der Waals surface area contributed by atoms with Gasteiger partial charge in [-0.05, 0) is 24.7 Å². The molecule has 4 nitrogen and oxygen atoms in total. The number of nitrogens with two attached hydrogens (primary N) is 1. The predicted octanol–water partition coefficient (Wildman–Crippen LogP) is -1.65. The van der Waals surface area contributed by atoms with Crippen molar-refractivity contribution in [3.8, 4) is 0 Å². The average Bonchev–Trinajstić information content (AvgIpc) is 2.40. The Balaban J connectivity index is 1.83. The molecule has 0 heterocycles. The molecule has 2 bridgehead atoms. The topological polar surface area (TPSA) is 72.5 Å². The summed E-state index contributed by atoms with van der Waals surface area (Å²) in [4.78, 5) is 11.5. The molecular weight excluding hydrogens is 215 g/mol. The van der Waals surface area contributed by atoms with Crippen LogP contribution in [0, 0.1) is 10.8 Å². The maximum Gasteiger partial charge on any atom is 0.311 e. The van der Waals surface area contributed by atoms with E-state index in [2.05, 4.69) is 0 Å². The van der Waals surface area contributed by atoms with Gasteiger partial charge in [0.15, 0.2) is 0 Å². The van der Waals surface area contributed by atoms with Crippen LogP contribution in [0.5, 0.6) is 0 Å². The van der Waals surface area contributed by atoms with E-state index in [-0.39, 0.29) is 5.97 Å². The van der Waals surface area contributed by atoms with Gasteiger partial charge in [-0.2, -0.15) is 0 Å². The van der Waals surface area contributed by atoms with Gasteiger partial charge in [-0.3, -0.25) is 4.79 Å². The van der Waals surface area contributed by atoms with Gasteiger partial charge >= 0.3 is 5.97 Å². The molecule has 4 aliphatic rings. The molecule has 0 aromatic heterocycles. The number of ether oxygens (including phenoxy) is 1. The van der Waals surface area contributed by atoms with Crippen LogP contribution < -0.4 is 5.73 Å². The van der Waals surface area contributed by atoms with E-state index in [1.54, 1.807) is 0 Å². The normalized spacial score (nSPS) is 57.6. The molecule has 17 heavy (non-hydrogen) atoms. The van der Waals surface area contributed by atoms with Crippen LogP contribution in [0.1, 0.15) is 19.3 Å². The van der Waals surface area contributed by atoms with Crippen LogP contribution in [0.25, 0.3) is 0 Å². The summed E-state index contributed by atoms with van der Waals surface area (Å²) in [6, 6.07) is 0. The van der Waals surface area contributed by atoms with Gasteiger partial charge in [0, 0.05) is 11.0 Å². The van der Waals surface area contributed by atoms with Crippen molar-refractivity contribution < 1.29 is 14.6 Å². The third-order valence-corrected chi connectivity index (χ3v) is 5.31. The monoisotopic (exact) mass is 227 g/mol. The second kappa shape index (κ2) is 2.48. The minimum absolute atomic E-state index is 0.233. The third kappa shape index (κ3) is 0.810. The highest BCUT2D eigenvalue weighted by Gasteiger charge is 2.91. The summed E-state index contributed by atoms with van der Waals surface area (Å²) in [5.41, 5.74) is 2.24. The molecule has 3 N–H and O–H groups in total. The Morgan fingerprint density at radius 1 is 1.29 bits per heavy atom. The highest BCUT2D eigenvalue weighted by molar-refractivity contribution is 6.52. The number of aliphatic hydroxyl groups is 1. The predicted molar refractivity (Wildman–Crippen MR) is 62.6 cm³/mol. The van der Waals surface area contributed by atoms with Crippen LogP contribution in [0.2, 0.25) is 5.21 Å². The Morgan fingerprint density at radius 3 is 2.00 bits per heavy atom. The van der Waals surface area contributed by atoms with E-state index in [9.17, 15) is 9.90 Å². The van der Waals surface area contributed by atoms with Crippen molar-refractivity contribution in [2.75, 3.05) is 7.11 Å². The minimum atomic E-state index is -1.78. The van der Waals surface area contributed by atoms with Crippen molar-refractivity contribution in [3.63, 3.8) is 0 Å². The first-order chi connectivity index (χ1) is 7.60. The number of methoxy groups -OCH3 is 1. The van der Waals surface area contributed by atoms with E-state index in [4.69, 9.17) is 34.0 Å². The maximum atomic E-state index is 11.5. The van der Waals surface area contributed by atoms with Crippen LogP contribution in [0.15, 0.2) is 0 Å². The van der Waals surface area contributed by atoms with Gasteiger partial charge in [0.2, 0.25) is 0 Å².